The highest BCUT2D eigenvalue weighted by Gasteiger charge is 2.33. The molecule has 1 saturated heterocycles. The van der Waals surface area contributed by atoms with E-state index in [1.807, 2.05) is 32.9 Å². The van der Waals surface area contributed by atoms with E-state index in [1.54, 1.807) is 0 Å². The van der Waals surface area contributed by atoms with Gasteiger partial charge in [-0.25, -0.2) is 0 Å². The number of carbonyl (C=O) groups is 1. The van der Waals surface area contributed by atoms with E-state index in [9.17, 15) is 9.90 Å². The van der Waals surface area contributed by atoms with E-state index in [4.69, 9.17) is 4.74 Å². The standard InChI is InChI=1S/C14H21NO3S/c1-10-4-5-13(19-10)12(17)7-15-6-11(8-16)18-14(2,3)9-15/h4-5,11,16H,6-9H2,1-3H3. The van der Waals surface area contributed by atoms with Crippen LogP contribution in [0.2, 0.25) is 0 Å². The van der Waals surface area contributed by atoms with E-state index in [0.717, 1.165) is 9.75 Å². The summed E-state index contributed by atoms with van der Waals surface area (Å²) in [6.07, 6.45) is -0.207. The molecule has 1 aromatic rings. The molecule has 1 unspecified atom stereocenters. The SMILES string of the molecule is Cc1ccc(C(=O)CN2CC(CO)OC(C)(C)C2)s1. The predicted molar refractivity (Wildman–Crippen MR) is 75.9 cm³/mol. The Bertz CT molecular complexity index is 455. The van der Waals surface area contributed by atoms with E-state index >= 15 is 0 Å². The van der Waals surface area contributed by atoms with Crippen LogP contribution in [0.5, 0.6) is 0 Å². The van der Waals surface area contributed by atoms with Gasteiger partial charge in [-0.15, -0.1) is 11.3 Å². The van der Waals surface area contributed by atoms with Crippen molar-refractivity contribution in [2.75, 3.05) is 26.2 Å². The molecule has 0 aliphatic carbocycles. The number of Topliss-reactive ketones (excluding diaryl/α,β-unsaturated/α-hetero) is 1. The number of ether oxygens (including phenoxy) is 1. The van der Waals surface area contributed by atoms with Crippen LogP contribution in [0.3, 0.4) is 0 Å². The van der Waals surface area contributed by atoms with Crippen LogP contribution in [0.25, 0.3) is 0 Å². The van der Waals surface area contributed by atoms with Crippen LogP contribution in [0.1, 0.15) is 28.4 Å². The normalized spacial score (nSPS) is 23.5. The number of morpholine rings is 1. The fourth-order valence-electron chi connectivity index (χ4n) is 2.50. The number of hydrogen-bond donors (Lipinski definition) is 1. The average Bonchev–Trinajstić information content (AvgIpc) is 2.73. The zero-order valence-corrected chi connectivity index (χ0v) is 12.5. The van der Waals surface area contributed by atoms with Crippen molar-refractivity contribution >= 4 is 17.1 Å². The van der Waals surface area contributed by atoms with E-state index in [-0.39, 0.29) is 24.1 Å². The lowest BCUT2D eigenvalue weighted by Crippen LogP contribution is -2.54. The van der Waals surface area contributed by atoms with Crippen LogP contribution in [-0.2, 0) is 4.74 Å². The molecule has 1 fully saturated rings. The smallest absolute Gasteiger partial charge is 0.186 e. The highest BCUT2D eigenvalue weighted by molar-refractivity contribution is 7.14. The molecule has 5 heteroatoms. The van der Waals surface area contributed by atoms with Crippen LogP contribution in [0.4, 0.5) is 0 Å². The van der Waals surface area contributed by atoms with Crippen molar-refractivity contribution in [3.05, 3.63) is 21.9 Å². The third-order valence-corrected chi connectivity index (χ3v) is 4.18. The molecule has 1 aliphatic heterocycles. The first-order valence-electron chi connectivity index (χ1n) is 6.50. The zero-order chi connectivity index (χ0) is 14.0. The minimum atomic E-state index is -0.322. The molecule has 0 radical (unpaired) electrons. The maximum atomic E-state index is 12.2. The molecule has 106 valence electrons. The maximum absolute atomic E-state index is 12.2. The molecule has 1 atom stereocenters. The largest absolute Gasteiger partial charge is 0.394 e. The summed E-state index contributed by atoms with van der Waals surface area (Å²) in [6.45, 7) is 7.68. The van der Waals surface area contributed by atoms with Gasteiger partial charge in [0.25, 0.3) is 0 Å². The number of carbonyl (C=O) groups excluding carboxylic acids is 1. The Kier molecular flexibility index (Phi) is 4.40. The van der Waals surface area contributed by atoms with Gasteiger partial charge < -0.3 is 9.84 Å². The molecule has 0 aromatic carbocycles. The fraction of sp³-hybridized carbons (Fsp3) is 0.643. The monoisotopic (exact) mass is 283 g/mol. The molecule has 0 amide bonds. The molecule has 0 saturated carbocycles. The number of hydrogen-bond acceptors (Lipinski definition) is 5. The molecule has 2 rings (SSSR count). The van der Waals surface area contributed by atoms with E-state index in [1.165, 1.54) is 11.3 Å². The third kappa shape index (κ3) is 3.86. The Morgan fingerprint density at radius 2 is 2.32 bits per heavy atom. The number of ketones is 1. The van der Waals surface area contributed by atoms with Crippen LogP contribution < -0.4 is 0 Å². The number of nitrogens with zero attached hydrogens (tertiary/aromatic N) is 1. The van der Waals surface area contributed by atoms with Gasteiger partial charge in [0.2, 0.25) is 0 Å². The van der Waals surface area contributed by atoms with Crippen LogP contribution in [0.15, 0.2) is 12.1 Å². The topological polar surface area (TPSA) is 49.8 Å². The van der Waals surface area contributed by atoms with Crippen molar-refractivity contribution in [1.82, 2.24) is 4.90 Å². The zero-order valence-electron chi connectivity index (χ0n) is 11.7. The second kappa shape index (κ2) is 5.71. The quantitative estimate of drug-likeness (QED) is 0.855. The molecule has 0 bridgehead atoms. The highest BCUT2D eigenvalue weighted by Crippen LogP contribution is 2.22. The van der Waals surface area contributed by atoms with Crippen molar-refractivity contribution in [2.24, 2.45) is 0 Å². The molecule has 2 heterocycles. The van der Waals surface area contributed by atoms with Crippen molar-refractivity contribution in [3.63, 3.8) is 0 Å². The molecular weight excluding hydrogens is 262 g/mol. The van der Waals surface area contributed by atoms with E-state index in [2.05, 4.69) is 4.90 Å². The summed E-state index contributed by atoms with van der Waals surface area (Å²) in [5, 5.41) is 9.26. The summed E-state index contributed by atoms with van der Waals surface area (Å²) in [6, 6.07) is 3.86. The number of rotatable bonds is 4. The van der Waals surface area contributed by atoms with Crippen molar-refractivity contribution in [1.29, 1.82) is 0 Å². The summed E-state index contributed by atoms with van der Waals surface area (Å²) in [4.78, 5) is 16.2. The Labute approximate surface area is 118 Å². The van der Waals surface area contributed by atoms with Gasteiger partial charge in [-0.1, -0.05) is 0 Å². The van der Waals surface area contributed by atoms with Gasteiger partial charge in [-0.2, -0.15) is 0 Å². The van der Waals surface area contributed by atoms with Gasteiger partial charge in [0.15, 0.2) is 5.78 Å². The third-order valence-electron chi connectivity index (χ3n) is 3.14. The van der Waals surface area contributed by atoms with Crippen LogP contribution in [0, 0.1) is 6.92 Å². The van der Waals surface area contributed by atoms with Crippen molar-refractivity contribution in [2.45, 2.75) is 32.5 Å². The lowest BCUT2D eigenvalue weighted by Gasteiger charge is -2.42. The molecule has 1 aliphatic rings. The number of aryl methyl sites for hydroxylation is 1. The van der Waals surface area contributed by atoms with Gasteiger partial charge in [0.1, 0.15) is 0 Å². The van der Waals surface area contributed by atoms with Gasteiger partial charge in [0, 0.05) is 18.0 Å². The Balaban J connectivity index is 2.00. The molecule has 19 heavy (non-hydrogen) atoms. The Hall–Kier alpha value is -0.750. The van der Waals surface area contributed by atoms with Crippen molar-refractivity contribution < 1.29 is 14.6 Å². The van der Waals surface area contributed by atoms with Crippen molar-refractivity contribution in [3.8, 4) is 0 Å². The summed E-state index contributed by atoms with van der Waals surface area (Å²) in [7, 11) is 0. The minimum absolute atomic E-state index is 0.00771. The van der Waals surface area contributed by atoms with Crippen LogP contribution >= 0.6 is 11.3 Å². The second-order valence-corrected chi connectivity index (χ2v) is 6.97. The summed E-state index contributed by atoms with van der Waals surface area (Å²) >= 11 is 1.53. The average molecular weight is 283 g/mol. The molecular formula is C14H21NO3S. The summed E-state index contributed by atoms with van der Waals surface area (Å²) < 4.78 is 5.74. The number of aliphatic hydroxyl groups excluding tert-OH is 1. The first-order chi connectivity index (χ1) is 8.89. The molecule has 4 nitrogen and oxygen atoms in total. The Morgan fingerprint density at radius 1 is 1.58 bits per heavy atom. The number of thiophene rings is 1. The lowest BCUT2D eigenvalue weighted by molar-refractivity contribution is -0.146. The highest BCUT2D eigenvalue weighted by atomic mass is 32.1. The molecule has 1 N–H and O–H groups in total. The van der Waals surface area contributed by atoms with Gasteiger partial charge in [-0.05, 0) is 32.9 Å². The maximum Gasteiger partial charge on any atom is 0.186 e. The Morgan fingerprint density at radius 3 is 2.89 bits per heavy atom. The van der Waals surface area contributed by atoms with E-state index in [0.29, 0.717) is 19.6 Å². The van der Waals surface area contributed by atoms with E-state index < -0.39 is 0 Å². The number of aliphatic hydroxyl groups is 1. The van der Waals surface area contributed by atoms with Gasteiger partial charge >= 0.3 is 0 Å². The first-order valence-corrected chi connectivity index (χ1v) is 7.32. The van der Waals surface area contributed by atoms with Crippen LogP contribution in [-0.4, -0.2) is 53.7 Å². The second-order valence-electron chi connectivity index (χ2n) is 5.69. The van der Waals surface area contributed by atoms with Gasteiger partial charge in [-0.3, -0.25) is 9.69 Å². The molecule has 0 spiro atoms. The first kappa shape index (κ1) is 14.7. The molecule has 1 aromatic heterocycles. The summed E-state index contributed by atoms with van der Waals surface area (Å²) in [5.74, 6) is 0.146. The predicted octanol–water partition coefficient (Wildman–Crippen LogP) is 1.71. The van der Waals surface area contributed by atoms with Gasteiger partial charge in [0.05, 0.1) is 29.7 Å². The lowest BCUT2D eigenvalue weighted by atomic mass is 10.0. The minimum Gasteiger partial charge on any atom is -0.394 e. The summed E-state index contributed by atoms with van der Waals surface area (Å²) in [5.41, 5.74) is -0.322. The fourth-order valence-corrected chi connectivity index (χ4v) is 3.30.